The minimum absolute atomic E-state index is 0.0115. The second-order valence-corrected chi connectivity index (χ2v) is 8.24. The van der Waals surface area contributed by atoms with Gasteiger partial charge < -0.3 is 18.6 Å². The molecular formula is C26H18BrNO8. The number of para-hydroxylation sites is 1. The number of nitrogens with zero attached hydrogens (tertiary/aromatic N) is 1. The maximum Gasteiger partial charge on any atom is 0.336 e. The van der Waals surface area contributed by atoms with Crippen molar-refractivity contribution in [1.82, 2.24) is 0 Å². The summed E-state index contributed by atoms with van der Waals surface area (Å²) in [7, 11) is 2.95. The highest BCUT2D eigenvalue weighted by Crippen LogP contribution is 2.41. The van der Waals surface area contributed by atoms with Gasteiger partial charge >= 0.3 is 5.97 Å². The molecule has 0 spiro atoms. The summed E-state index contributed by atoms with van der Waals surface area (Å²) >= 11 is 3.41. The fourth-order valence-electron chi connectivity index (χ4n) is 3.50. The van der Waals surface area contributed by atoms with Crippen LogP contribution < -0.4 is 19.6 Å². The number of halogens is 1. The number of rotatable bonds is 7. The lowest BCUT2D eigenvalue weighted by Crippen LogP contribution is -2.14. The first kappa shape index (κ1) is 24.7. The lowest BCUT2D eigenvalue weighted by atomic mass is 10.1. The summed E-state index contributed by atoms with van der Waals surface area (Å²) in [6.07, 6.45) is 2.42. The van der Waals surface area contributed by atoms with Crippen molar-refractivity contribution in [2.45, 2.75) is 0 Å². The molecule has 0 fully saturated rings. The van der Waals surface area contributed by atoms with Crippen LogP contribution in [0.4, 0.5) is 5.69 Å². The van der Waals surface area contributed by atoms with Gasteiger partial charge in [-0.15, -0.1) is 0 Å². The lowest BCUT2D eigenvalue weighted by molar-refractivity contribution is -0.384. The minimum atomic E-state index is -0.870. The van der Waals surface area contributed by atoms with Crippen molar-refractivity contribution >= 4 is 44.6 Å². The number of carbonyl (C=O) groups is 1. The van der Waals surface area contributed by atoms with Crippen molar-refractivity contribution in [1.29, 1.82) is 0 Å². The number of hydrogen-bond donors (Lipinski definition) is 0. The molecule has 1 aromatic heterocycles. The molecule has 182 valence electrons. The molecule has 0 amide bonds. The molecule has 9 nitrogen and oxygen atoms in total. The molecule has 0 aliphatic heterocycles. The minimum Gasteiger partial charge on any atom is -0.493 e. The fourth-order valence-corrected chi connectivity index (χ4v) is 4.10. The Labute approximate surface area is 212 Å². The van der Waals surface area contributed by atoms with Crippen LogP contribution in [0.15, 0.2) is 80.4 Å². The average molecular weight is 552 g/mol. The zero-order valence-electron chi connectivity index (χ0n) is 19.0. The van der Waals surface area contributed by atoms with E-state index >= 15 is 0 Å². The molecule has 10 heteroatoms. The van der Waals surface area contributed by atoms with E-state index in [-0.39, 0.29) is 22.6 Å². The number of nitro groups is 1. The van der Waals surface area contributed by atoms with Crippen LogP contribution in [0.3, 0.4) is 0 Å². The number of methoxy groups -OCH3 is 2. The molecule has 0 bridgehead atoms. The van der Waals surface area contributed by atoms with Crippen LogP contribution in [-0.4, -0.2) is 25.1 Å². The van der Waals surface area contributed by atoms with Crippen LogP contribution in [0, 0.1) is 10.1 Å². The van der Waals surface area contributed by atoms with Crippen molar-refractivity contribution in [2.24, 2.45) is 0 Å². The fraction of sp³-hybridized carbons (Fsp3) is 0.0769. The third-order valence-electron chi connectivity index (χ3n) is 5.15. The van der Waals surface area contributed by atoms with E-state index < -0.39 is 16.3 Å². The monoisotopic (exact) mass is 551 g/mol. The van der Waals surface area contributed by atoms with E-state index in [9.17, 15) is 19.7 Å². The van der Waals surface area contributed by atoms with E-state index in [0.29, 0.717) is 32.7 Å². The number of esters is 1. The van der Waals surface area contributed by atoms with E-state index in [4.69, 9.17) is 18.6 Å². The molecule has 0 unspecified atom stereocenters. The standard InChI is InChI=1S/C26H18BrNO8/c1-33-21-14-16(13-19(27)25(21)34-2)24-26(23(30)18-8-3-4-9-20(18)35-24)36-22(29)11-10-15-6-5-7-17(12-15)28(31)32/h3-14H,1-2H3. The summed E-state index contributed by atoms with van der Waals surface area (Å²) in [4.78, 5) is 36.4. The van der Waals surface area contributed by atoms with Crippen molar-refractivity contribution in [2.75, 3.05) is 14.2 Å². The van der Waals surface area contributed by atoms with Gasteiger partial charge in [0.2, 0.25) is 11.2 Å². The van der Waals surface area contributed by atoms with Crippen LogP contribution >= 0.6 is 15.9 Å². The van der Waals surface area contributed by atoms with Gasteiger partial charge in [0, 0.05) is 23.8 Å². The molecule has 0 aliphatic carbocycles. The highest BCUT2D eigenvalue weighted by atomic mass is 79.9. The summed E-state index contributed by atoms with van der Waals surface area (Å²) in [5.41, 5.74) is 0.441. The predicted molar refractivity (Wildman–Crippen MR) is 136 cm³/mol. The molecule has 0 saturated carbocycles. The Hall–Kier alpha value is -4.44. The largest absolute Gasteiger partial charge is 0.493 e. The molecule has 0 atom stereocenters. The second-order valence-electron chi connectivity index (χ2n) is 7.39. The number of benzene rings is 3. The van der Waals surface area contributed by atoms with Gasteiger partial charge in [-0.3, -0.25) is 14.9 Å². The summed E-state index contributed by atoms with van der Waals surface area (Å²) in [5, 5.41) is 11.2. The topological polar surface area (TPSA) is 118 Å². The number of fused-ring (bicyclic) bond motifs is 1. The summed E-state index contributed by atoms with van der Waals surface area (Å²) < 4.78 is 22.7. The van der Waals surface area contributed by atoms with E-state index in [1.54, 1.807) is 42.5 Å². The first-order valence-corrected chi connectivity index (χ1v) is 11.2. The molecule has 4 rings (SSSR count). The first-order valence-electron chi connectivity index (χ1n) is 10.4. The van der Waals surface area contributed by atoms with Gasteiger partial charge in [0.15, 0.2) is 17.3 Å². The molecule has 36 heavy (non-hydrogen) atoms. The van der Waals surface area contributed by atoms with Crippen LogP contribution in [0.1, 0.15) is 5.56 Å². The van der Waals surface area contributed by atoms with E-state index in [1.165, 1.54) is 38.5 Å². The van der Waals surface area contributed by atoms with E-state index in [2.05, 4.69) is 15.9 Å². The molecule has 0 aliphatic rings. The maximum absolute atomic E-state index is 13.3. The van der Waals surface area contributed by atoms with Gasteiger partial charge in [0.05, 0.1) is 29.0 Å². The number of ether oxygens (including phenoxy) is 3. The Morgan fingerprint density at radius 2 is 1.81 bits per heavy atom. The molecule has 3 aromatic carbocycles. The Kier molecular flexibility index (Phi) is 7.16. The molecule has 0 saturated heterocycles. The van der Waals surface area contributed by atoms with Crippen LogP contribution in [0.5, 0.6) is 17.2 Å². The van der Waals surface area contributed by atoms with Gasteiger partial charge in [-0.25, -0.2) is 4.79 Å². The van der Waals surface area contributed by atoms with Crippen molar-refractivity contribution < 1.29 is 28.3 Å². The molecule has 1 heterocycles. The Morgan fingerprint density at radius 3 is 2.53 bits per heavy atom. The Morgan fingerprint density at radius 1 is 1.03 bits per heavy atom. The van der Waals surface area contributed by atoms with Crippen LogP contribution in [-0.2, 0) is 4.79 Å². The third kappa shape index (κ3) is 4.98. The summed E-state index contributed by atoms with van der Waals surface area (Å²) in [5.74, 6) is -0.382. The average Bonchev–Trinajstić information content (AvgIpc) is 2.88. The van der Waals surface area contributed by atoms with Crippen molar-refractivity contribution in [3.8, 4) is 28.6 Å². The lowest BCUT2D eigenvalue weighted by Gasteiger charge is -2.14. The smallest absolute Gasteiger partial charge is 0.336 e. The highest BCUT2D eigenvalue weighted by molar-refractivity contribution is 9.10. The normalized spacial score (nSPS) is 11.0. The number of non-ortho nitro benzene ring substituents is 1. The number of carbonyl (C=O) groups excluding carboxylic acids is 1. The quantitative estimate of drug-likeness (QED) is 0.123. The van der Waals surface area contributed by atoms with E-state index in [0.717, 1.165) is 6.08 Å². The molecule has 4 aromatic rings. The second kappa shape index (κ2) is 10.4. The first-order chi connectivity index (χ1) is 17.3. The molecule has 0 radical (unpaired) electrons. The summed E-state index contributed by atoms with van der Waals surface area (Å²) in [6, 6.07) is 15.5. The van der Waals surface area contributed by atoms with Crippen molar-refractivity contribution in [3.05, 3.63) is 97.1 Å². The van der Waals surface area contributed by atoms with Crippen LogP contribution in [0.2, 0.25) is 0 Å². The predicted octanol–water partition coefficient (Wildman–Crippen LogP) is 5.77. The number of nitro benzene ring substituents is 1. The zero-order valence-corrected chi connectivity index (χ0v) is 20.6. The zero-order chi connectivity index (χ0) is 25.8. The number of hydrogen-bond acceptors (Lipinski definition) is 8. The summed E-state index contributed by atoms with van der Waals surface area (Å²) in [6.45, 7) is 0. The highest BCUT2D eigenvalue weighted by Gasteiger charge is 2.22. The van der Waals surface area contributed by atoms with Gasteiger partial charge in [0.1, 0.15) is 5.58 Å². The van der Waals surface area contributed by atoms with Gasteiger partial charge in [0.25, 0.3) is 5.69 Å². The van der Waals surface area contributed by atoms with Crippen molar-refractivity contribution in [3.63, 3.8) is 0 Å². The Bertz CT molecular complexity index is 1570. The van der Waals surface area contributed by atoms with Gasteiger partial charge in [-0.05, 0) is 51.8 Å². The molecular weight excluding hydrogens is 534 g/mol. The van der Waals surface area contributed by atoms with Crippen LogP contribution in [0.25, 0.3) is 28.4 Å². The molecule has 0 N–H and O–H groups in total. The van der Waals surface area contributed by atoms with Gasteiger partial charge in [-0.1, -0.05) is 24.3 Å². The van der Waals surface area contributed by atoms with Gasteiger partial charge in [-0.2, -0.15) is 0 Å². The Balaban J connectivity index is 1.79. The third-order valence-corrected chi connectivity index (χ3v) is 5.74. The maximum atomic E-state index is 13.3. The SMILES string of the molecule is COc1cc(-c2oc3ccccc3c(=O)c2OC(=O)C=Cc2cccc([N+](=O)[O-])c2)cc(Br)c1OC. The van der Waals surface area contributed by atoms with E-state index in [1.807, 2.05) is 0 Å².